The molecule has 1 aromatic heterocycles. The van der Waals surface area contributed by atoms with Crippen LogP contribution in [-0.2, 0) is 24.1 Å². The average Bonchev–Trinajstić information content (AvgIpc) is 3.09. The predicted molar refractivity (Wildman–Crippen MR) is 108 cm³/mol. The predicted octanol–water partition coefficient (Wildman–Crippen LogP) is 4.99. The molecule has 0 unspecified atom stereocenters. The molecule has 0 bridgehead atoms. The number of amides is 1. The number of rotatable bonds is 5. The van der Waals surface area contributed by atoms with Gasteiger partial charge in [0.25, 0.3) is 0 Å². The van der Waals surface area contributed by atoms with E-state index in [0.29, 0.717) is 12.8 Å². The smallest absolute Gasteiger partial charge is 0.220 e. The number of thiazole rings is 1. The second-order valence-corrected chi connectivity index (χ2v) is 8.21. The summed E-state index contributed by atoms with van der Waals surface area (Å²) in [6.07, 6.45) is 6.11. The van der Waals surface area contributed by atoms with Crippen molar-refractivity contribution in [2.75, 3.05) is 0 Å². The summed E-state index contributed by atoms with van der Waals surface area (Å²) in [5.41, 5.74) is 5.17. The van der Waals surface area contributed by atoms with Crippen molar-refractivity contribution in [1.29, 1.82) is 0 Å². The van der Waals surface area contributed by atoms with Crippen molar-refractivity contribution in [3.63, 3.8) is 0 Å². The lowest BCUT2D eigenvalue weighted by atomic mass is 9.89. The van der Waals surface area contributed by atoms with E-state index in [2.05, 4.69) is 41.5 Å². The highest BCUT2D eigenvalue weighted by Crippen LogP contribution is 2.25. The first-order valence-corrected chi connectivity index (χ1v) is 10.3. The average molecular weight is 365 g/mol. The molecule has 0 saturated carbocycles. The third-order valence-corrected chi connectivity index (χ3v) is 6.25. The zero-order chi connectivity index (χ0) is 17.9. The molecular formula is C22H24N2OS. The molecule has 0 saturated heterocycles. The van der Waals surface area contributed by atoms with Crippen LogP contribution in [0.1, 0.15) is 53.9 Å². The van der Waals surface area contributed by atoms with Crippen LogP contribution in [0.3, 0.4) is 0 Å². The Labute approximate surface area is 158 Å². The first-order chi connectivity index (χ1) is 12.7. The third kappa shape index (κ3) is 3.80. The quantitative estimate of drug-likeness (QED) is 0.693. The first-order valence-electron chi connectivity index (χ1n) is 9.44. The van der Waals surface area contributed by atoms with E-state index < -0.39 is 0 Å². The van der Waals surface area contributed by atoms with Gasteiger partial charge in [0.05, 0.1) is 21.3 Å². The number of nitrogens with zero attached hydrogens (tertiary/aromatic N) is 1. The van der Waals surface area contributed by atoms with Crippen molar-refractivity contribution in [3.05, 3.63) is 64.2 Å². The van der Waals surface area contributed by atoms with Crippen molar-refractivity contribution in [2.24, 2.45) is 0 Å². The summed E-state index contributed by atoms with van der Waals surface area (Å²) in [4.78, 5) is 17.0. The summed E-state index contributed by atoms with van der Waals surface area (Å²) in [7, 11) is 0. The molecule has 134 valence electrons. The van der Waals surface area contributed by atoms with Gasteiger partial charge in [-0.3, -0.25) is 4.79 Å². The monoisotopic (exact) mass is 364 g/mol. The topological polar surface area (TPSA) is 42.0 Å². The van der Waals surface area contributed by atoms with Gasteiger partial charge in [0.2, 0.25) is 5.91 Å². The van der Waals surface area contributed by atoms with Crippen molar-refractivity contribution in [2.45, 2.75) is 51.5 Å². The Morgan fingerprint density at radius 2 is 1.96 bits per heavy atom. The Hall–Kier alpha value is -2.20. The minimum atomic E-state index is 0.0464. The number of hydrogen-bond donors (Lipinski definition) is 1. The maximum atomic E-state index is 12.4. The van der Waals surface area contributed by atoms with Crippen LogP contribution in [0.2, 0.25) is 0 Å². The highest BCUT2D eigenvalue weighted by Gasteiger charge is 2.14. The highest BCUT2D eigenvalue weighted by atomic mass is 32.1. The van der Waals surface area contributed by atoms with E-state index in [-0.39, 0.29) is 11.9 Å². The van der Waals surface area contributed by atoms with Crippen LogP contribution in [0.25, 0.3) is 10.2 Å². The number of carbonyl (C=O) groups is 1. The number of carbonyl (C=O) groups excluding carboxylic acids is 1. The van der Waals surface area contributed by atoms with E-state index in [1.807, 2.05) is 18.2 Å². The van der Waals surface area contributed by atoms with E-state index in [1.54, 1.807) is 11.3 Å². The van der Waals surface area contributed by atoms with Gasteiger partial charge in [-0.2, -0.15) is 0 Å². The molecule has 4 rings (SSSR count). The number of aromatic nitrogens is 1. The summed E-state index contributed by atoms with van der Waals surface area (Å²) < 4.78 is 1.19. The molecule has 0 radical (unpaired) electrons. The molecule has 1 amide bonds. The van der Waals surface area contributed by atoms with Crippen molar-refractivity contribution in [1.82, 2.24) is 10.3 Å². The van der Waals surface area contributed by atoms with Gasteiger partial charge in [-0.1, -0.05) is 30.3 Å². The molecule has 2 aromatic carbocycles. The minimum absolute atomic E-state index is 0.0464. The molecule has 1 N–H and O–H groups in total. The van der Waals surface area contributed by atoms with E-state index >= 15 is 0 Å². The van der Waals surface area contributed by atoms with Crippen LogP contribution in [0, 0.1) is 0 Å². The minimum Gasteiger partial charge on any atom is -0.350 e. The van der Waals surface area contributed by atoms with E-state index in [4.69, 9.17) is 0 Å². The second-order valence-electron chi connectivity index (χ2n) is 7.10. The molecule has 4 heteroatoms. The molecular weight excluding hydrogens is 340 g/mol. The first kappa shape index (κ1) is 17.2. The molecule has 3 nitrogen and oxygen atoms in total. The summed E-state index contributed by atoms with van der Waals surface area (Å²) >= 11 is 1.68. The Kier molecular flexibility index (Phi) is 5.02. The van der Waals surface area contributed by atoms with Gasteiger partial charge < -0.3 is 5.32 Å². The van der Waals surface area contributed by atoms with Gasteiger partial charge in [0, 0.05) is 12.8 Å². The van der Waals surface area contributed by atoms with Gasteiger partial charge in [-0.15, -0.1) is 11.3 Å². The lowest BCUT2D eigenvalue weighted by Gasteiger charge is -2.20. The fraction of sp³-hybridized carbons (Fsp3) is 0.364. The Morgan fingerprint density at radius 1 is 1.15 bits per heavy atom. The van der Waals surface area contributed by atoms with E-state index in [9.17, 15) is 4.79 Å². The number of aryl methyl sites for hydroxylation is 3. The molecule has 3 aromatic rings. The molecule has 26 heavy (non-hydrogen) atoms. The number of fused-ring (bicyclic) bond motifs is 2. The molecule has 0 fully saturated rings. The summed E-state index contributed by atoms with van der Waals surface area (Å²) in [6, 6.07) is 14.9. The zero-order valence-corrected chi connectivity index (χ0v) is 15.9. The number of para-hydroxylation sites is 1. The van der Waals surface area contributed by atoms with Crippen LogP contribution >= 0.6 is 11.3 Å². The van der Waals surface area contributed by atoms with Crippen LogP contribution in [-0.4, -0.2) is 10.9 Å². The van der Waals surface area contributed by atoms with Crippen LogP contribution in [0.5, 0.6) is 0 Å². The van der Waals surface area contributed by atoms with Crippen LogP contribution in [0.15, 0.2) is 42.5 Å². The van der Waals surface area contributed by atoms with Gasteiger partial charge in [0.1, 0.15) is 0 Å². The number of hydrogen-bond acceptors (Lipinski definition) is 3. The summed E-state index contributed by atoms with van der Waals surface area (Å²) in [5.74, 6) is 0.0921. The lowest BCUT2D eigenvalue weighted by molar-refractivity contribution is -0.121. The fourth-order valence-corrected chi connectivity index (χ4v) is 4.63. The number of nitrogens with one attached hydrogen (secondary N) is 1. The van der Waals surface area contributed by atoms with Crippen LogP contribution in [0.4, 0.5) is 0 Å². The summed E-state index contributed by atoms with van der Waals surface area (Å²) in [6.45, 7) is 2.07. The SMILES string of the molecule is C[C@@H](NC(=O)CCc1nc2ccccc2s1)c1ccc2c(c1)CCCC2. The summed E-state index contributed by atoms with van der Waals surface area (Å²) in [5, 5.41) is 4.18. The zero-order valence-electron chi connectivity index (χ0n) is 15.1. The molecule has 0 spiro atoms. The van der Waals surface area contributed by atoms with E-state index in [1.165, 1.54) is 47.1 Å². The second kappa shape index (κ2) is 7.58. The van der Waals surface area contributed by atoms with Gasteiger partial charge in [-0.25, -0.2) is 4.98 Å². The standard InChI is InChI=1S/C22H24N2OS/c1-15(17-11-10-16-6-2-3-7-18(16)14-17)23-21(25)12-13-22-24-19-8-4-5-9-20(19)26-22/h4-5,8-11,14-15H,2-3,6-7,12-13H2,1H3,(H,23,25)/t15-/m1/s1. The van der Waals surface area contributed by atoms with Gasteiger partial charge >= 0.3 is 0 Å². The van der Waals surface area contributed by atoms with Crippen LogP contribution < -0.4 is 5.32 Å². The maximum absolute atomic E-state index is 12.4. The van der Waals surface area contributed by atoms with Gasteiger partial charge in [-0.05, 0) is 61.4 Å². The fourth-order valence-electron chi connectivity index (χ4n) is 3.67. The molecule has 0 aliphatic heterocycles. The Bertz CT molecular complexity index is 898. The largest absolute Gasteiger partial charge is 0.350 e. The van der Waals surface area contributed by atoms with Gasteiger partial charge in [0.15, 0.2) is 0 Å². The normalized spacial score (nSPS) is 14.8. The molecule has 1 aliphatic carbocycles. The van der Waals surface area contributed by atoms with Crippen molar-refractivity contribution >= 4 is 27.5 Å². The van der Waals surface area contributed by atoms with Crippen molar-refractivity contribution in [3.8, 4) is 0 Å². The molecule has 1 atom stereocenters. The lowest BCUT2D eigenvalue weighted by Crippen LogP contribution is -2.27. The number of benzene rings is 2. The Balaban J connectivity index is 1.35. The third-order valence-electron chi connectivity index (χ3n) is 5.15. The molecule has 1 heterocycles. The molecule has 1 aliphatic rings. The Morgan fingerprint density at radius 3 is 2.81 bits per heavy atom. The van der Waals surface area contributed by atoms with Crippen molar-refractivity contribution < 1.29 is 4.79 Å². The highest BCUT2D eigenvalue weighted by molar-refractivity contribution is 7.18. The maximum Gasteiger partial charge on any atom is 0.220 e. The van der Waals surface area contributed by atoms with E-state index in [0.717, 1.165) is 10.5 Å².